The number of aromatic nitrogens is 1. The van der Waals surface area contributed by atoms with Gasteiger partial charge < -0.3 is 42.0 Å². The van der Waals surface area contributed by atoms with Crippen molar-refractivity contribution < 1.29 is 33.5 Å². The van der Waals surface area contributed by atoms with Crippen molar-refractivity contribution in [3.8, 4) is 0 Å². The number of imide groups is 1. The lowest BCUT2D eigenvalue weighted by Crippen LogP contribution is -2.60. The van der Waals surface area contributed by atoms with Gasteiger partial charge in [-0.3, -0.25) is 19.2 Å². The molecular weight excluding hydrogens is 729 g/mol. The molecule has 4 aromatic rings. The average Bonchev–Trinajstić information content (AvgIpc) is 3.56. The molecule has 57 heavy (non-hydrogen) atoms. The fourth-order valence-electron chi connectivity index (χ4n) is 6.33. The van der Waals surface area contributed by atoms with Crippen LogP contribution in [0.1, 0.15) is 56.7 Å². The van der Waals surface area contributed by atoms with Gasteiger partial charge in [-0.25, -0.2) is 14.5 Å². The van der Waals surface area contributed by atoms with Crippen molar-refractivity contribution in [1.82, 2.24) is 25.4 Å². The number of hydrogen-bond acceptors (Lipinski definition) is 8. The van der Waals surface area contributed by atoms with Crippen molar-refractivity contribution in [2.45, 2.75) is 83.5 Å². The second-order valence-corrected chi connectivity index (χ2v) is 14.9. The molecule has 0 saturated carbocycles. The maximum absolute atomic E-state index is 15.0. The molecule has 0 unspecified atom stereocenters. The van der Waals surface area contributed by atoms with Crippen LogP contribution in [0.3, 0.4) is 0 Å². The monoisotopic (exact) mass is 782 g/mol. The molecule has 0 saturated heterocycles. The van der Waals surface area contributed by atoms with E-state index in [9.17, 15) is 28.8 Å². The van der Waals surface area contributed by atoms with Crippen LogP contribution in [0, 0.1) is 6.92 Å². The zero-order valence-corrected chi connectivity index (χ0v) is 33.2. The quantitative estimate of drug-likeness (QED) is 0.0853. The normalized spacial score (nSPS) is 12.8. The summed E-state index contributed by atoms with van der Waals surface area (Å²) < 4.78 is 5.54. The zero-order valence-electron chi connectivity index (χ0n) is 33.2. The first-order chi connectivity index (χ1) is 27.1. The lowest BCUT2D eigenvalue weighted by atomic mass is 10.0. The Labute approximate surface area is 332 Å². The van der Waals surface area contributed by atoms with Gasteiger partial charge in [0.15, 0.2) is 0 Å². The summed E-state index contributed by atoms with van der Waals surface area (Å²) in [7, 11) is 1.36. The number of urea groups is 1. The van der Waals surface area contributed by atoms with E-state index in [1.165, 1.54) is 7.05 Å². The fraction of sp³-hybridized carbons (Fsp3) is 0.381. The van der Waals surface area contributed by atoms with Gasteiger partial charge in [-0.1, -0.05) is 66.7 Å². The Hall–Kier alpha value is -6.22. The summed E-state index contributed by atoms with van der Waals surface area (Å²) in [4.78, 5) is 88.0. The van der Waals surface area contributed by atoms with Crippen molar-refractivity contribution in [3.63, 3.8) is 0 Å². The topological polar surface area (TPSA) is 222 Å². The minimum atomic E-state index is -1.45. The maximum atomic E-state index is 15.0. The highest BCUT2D eigenvalue weighted by molar-refractivity contribution is 6.07. The lowest BCUT2D eigenvalue weighted by molar-refractivity contribution is -0.144. The predicted molar refractivity (Wildman–Crippen MR) is 218 cm³/mol. The third kappa shape index (κ3) is 12.7. The third-order valence-corrected chi connectivity index (χ3v) is 9.18. The second-order valence-electron chi connectivity index (χ2n) is 14.9. The van der Waals surface area contributed by atoms with Gasteiger partial charge in [0.25, 0.3) is 5.91 Å². The summed E-state index contributed by atoms with van der Waals surface area (Å²) in [5, 5.41) is 8.84. The Balaban J connectivity index is 1.72. The number of hydrogen-bond donors (Lipinski definition) is 6. The highest BCUT2D eigenvalue weighted by Crippen LogP contribution is 2.23. The van der Waals surface area contributed by atoms with E-state index in [4.69, 9.17) is 16.2 Å². The minimum absolute atomic E-state index is 0.0148. The highest BCUT2D eigenvalue weighted by atomic mass is 16.6. The molecule has 0 fully saturated rings. The first kappa shape index (κ1) is 43.5. The molecule has 3 aromatic carbocycles. The van der Waals surface area contributed by atoms with E-state index in [1.807, 2.05) is 30.3 Å². The molecular formula is C42H54N8O7. The summed E-state index contributed by atoms with van der Waals surface area (Å²) >= 11 is 0. The molecule has 3 atom stereocenters. The Bertz CT molecular complexity index is 2030. The summed E-state index contributed by atoms with van der Waals surface area (Å²) in [6.45, 7) is 6.56. The van der Waals surface area contributed by atoms with Crippen LogP contribution < -0.4 is 27.4 Å². The highest BCUT2D eigenvalue weighted by Gasteiger charge is 2.41. The van der Waals surface area contributed by atoms with Crippen LogP contribution in [0.15, 0.2) is 85.1 Å². The molecule has 15 nitrogen and oxygen atoms in total. The number of aromatic amines is 1. The van der Waals surface area contributed by atoms with Gasteiger partial charge in [0.1, 0.15) is 23.7 Å². The maximum Gasteiger partial charge on any atom is 0.408 e. The fourth-order valence-corrected chi connectivity index (χ4v) is 6.33. The number of nitrogens with two attached hydrogens (primary N) is 2. The largest absolute Gasteiger partial charge is 0.444 e. The Kier molecular flexibility index (Phi) is 15.3. The van der Waals surface area contributed by atoms with E-state index in [2.05, 4.69) is 20.9 Å². The molecule has 0 aliphatic heterocycles. The molecule has 0 spiro atoms. The van der Waals surface area contributed by atoms with Gasteiger partial charge in [-0.15, -0.1) is 0 Å². The van der Waals surface area contributed by atoms with Crippen molar-refractivity contribution in [3.05, 3.63) is 102 Å². The summed E-state index contributed by atoms with van der Waals surface area (Å²) in [5.74, 6) is -3.07. The number of anilines is 1. The van der Waals surface area contributed by atoms with Crippen molar-refractivity contribution in [1.29, 1.82) is 0 Å². The molecule has 1 aromatic heterocycles. The molecule has 7 amide bonds. The molecule has 0 aliphatic rings. The molecule has 0 bridgehead atoms. The van der Waals surface area contributed by atoms with Crippen LogP contribution in [0.2, 0.25) is 0 Å². The van der Waals surface area contributed by atoms with Crippen LogP contribution in [-0.4, -0.2) is 94.4 Å². The van der Waals surface area contributed by atoms with Crippen LogP contribution in [0.25, 0.3) is 10.9 Å². The number of nitrogens with zero attached hydrogens (tertiary/aromatic N) is 2. The number of nitrogens with one attached hydrogen (secondary N) is 4. The number of carbonyl (C=O) groups is 6. The van der Waals surface area contributed by atoms with E-state index in [1.54, 1.807) is 82.4 Å². The Morgan fingerprint density at radius 3 is 2.16 bits per heavy atom. The third-order valence-electron chi connectivity index (χ3n) is 9.18. The average molecular weight is 783 g/mol. The summed E-state index contributed by atoms with van der Waals surface area (Å²) in [6.07, 6.45) is 1.65. The number of likely N-dealkylation sites (N-methyl/N-ethyl adjacent to an activating group) is 1. The first-order valence-electron chi connectivity index (χ1n) is 18.9. The number of benzene rings is 3. The van der Waals surface area contributed by atoms with Crippen LogP contribution in [0.5, 0.6) is 0 Å². The number of ether oxygens (including phenoxy) is 1. The van der Waals surface area contributed by atoms with Crippen LogP contribution in [-0.2, 0) is 36.8 Å². The van der Waals surface area contributed by atoms with Gasteiger partial charge in [-0.2, -0.15) is 0 Å². The van der Waals surface area contributed by atoms with Crippen molar-refractivity contribution in [2.24, 2.45) is 11.5 Å². The first-order valence-corrected chi connectivity index (χ1v) is 18.9. The molecule has 8 N–H and O–H groups in total. The van der Waals surface area contributed by atoms with Gasteiger partial charge >= 0.3 is 12.1 Å². The van der Waals surface area contributed by atoms with Gasteiger partial charge in [0.2, 0.25) is 17.7 Å². The zero-order chi connectivity index (χ0) is 41.7. The minimum Gasteiger partial charge on any atom is -0.444 e. The number of para-hydroxylation sites is 2. The molecule has 4 rings (SSSR count). The summed E-state index contributed by atoms with van der Waals surface area (Å²) in [6, 6.07) is 18.5. The number of alkyl carbamates (subject to hydrolysis) is 1. The van der Waals surface area contributed by atoms with Crippen molar-refractivity contribution in [2.75, 3.05) is 25.5 Å². The number of unbranched alkanes of at least 4 members (excludes halogenated alkanes) is 1. The van der Waals surface area contributed by atoms with Crippen LogP contribution >= 0.6 is 0 Å². The van der Waals surface area contributed by atoms with Gasteiger partial charge in [0.05, 0.1) is 6.54 Å². The summed E-state index contributed by atoms with van der Waals surface area (Å²) in [5.41, 5.74) is 13.8. The van der Waals surface area contributed by atoms with Crippen LogP contribution in [0.4, 0.5) is 15.3 Å². The molecule has 1 heterocycles. The molecule has 0 radical (unpaired) electrons. The Morgan fingerprint density at radius 2 is 1.49 bits per heavy atom. The van der Waals surface area contributed by atoms with Crippen molar-refractivity contribution >= 4 is 52.3 Å². The number of H-pyrrole nitrogens is 1. The smallest absolute Gasteiger partial charge is 0.408 e. The SMILES string of the molecule is Cc1ccccc1NC(=O)N(C(=O)[C@H](Cc1c[nH]c2ccccc12)NC(=O)OC(C)(C)C)[C@@H](CCCCN)C(=O)N(C)CC(=O)N[C@@H](Cc1ccccc1)C(N)=O. The van der Waals surface area contributed by atoms with Gasteiger partial charge in [0, 0.05) is 42.7 Å². The van der Waals surface area contributed by atoms with E-state index in [0.717, 1.165) is 26.3 Å². The standard InChI is InChI=1S/C42H54N8O7/c1-27-15-9-11-19-31(27)47-40(55)50(38(53)34(48-41(56)57-42(2,3)4)24-29-25-45-32-20-12-10-18-30(29)32)35(21-13-14-22-43)39(54)49(5)26-36(51)46-33(37(44)52)23-28-16-7-6-8-17-28/h6-12,15-20,25,33-35,45H,13-14,21-24,26,43H2,1-5H3,(H2,44,52)(H,46,51)(H,47,55)(H,48,56)/t33-,34-,35-/m0/s1. The molecule has 304 valence electrons. The van der Waals surface area contributed by atoms with E-state index in [0.29, 0.717) is 29.7 Å². The van der Waals surface area contributed by atoms with E-state index < -0.39 is 66.0 Å². The van der Waals surface area contributed by atoms with Gasteiger partial charge in [-0.05, 0) is 82.3 Å². The van der Waals surface area contributed by atoms with E-state index >= 15 is 0 Å². The second kappa shape index (κ2) is 20.1. The Morgan fingerprint density at radius 1 is 0.825 bits per heavy atom. The number of carbonyl (C=O) groups excluding carboxylic acids is 6. The predicted octanol–water partition coefficient (Wildman–Crippen LogP) is 4.14. The molecule has 15 heteroatoms. The number of amides is 7. The number of primary amides is 1. The number of aryl methyl sites for hydroxylation is 1. The number of fused-ring (bicyclic) bond motifs is 1. The lowest BCUT2D eigenvalue weighted by Gasteiger charge is -2.35. The van der Waals surface area contributed by atoms with E-state index in [-0.39, 0.29) is 25.8 Å². The number of rotatable bonds is 17. The molecule has 0 aliphatic carbocycles.